The standard InChI is InChI=1S/C21H21Cl2N3O/c1-13-8-9-16(22)19(23)18(13)21(27)26-11-10-15-17(12-26)25(2)24-20(15)14-6-4-3-5-7-14/h3-9,13,18H,10-12H2,1-2H3. The van der Waals surface area contributed by atoms with Crippen LogP contribution >= 0.6 is 23.2 Å². The van der Waals surface area contributed by atoms with Gasteiger partial charge in [-0.1, -0.05) is 66.5 Å². The van der Waals surface area contributed by atoms with Crippen LogP contribution in [-0.4, -0.2) is 27.1 Å². The molecule has 0 saturated carbocycles. The summed E-state index contributed by atoms with van der Waals surface area (Å²) in [6.45, 7) is 3.20. The lowest BCUT2D eigenvalue weighted by Gasteiger charge is -2.33. The van der Waals surface area contributed by atoms with Crippen molar-refractivity contribution in [1.82, 2.24) is 14.7 Å². The monoisotopic (exact) mass is 401 g/mol. The molecule has 2 atom stereocenters. The average molecular weight is 402 g/mol. The Morgan fingerprint density at radius 2 is 1.96 bits per heavy atom. The van der Waals surface area contributed by atoms with Crippen molar-refractivity contribution < 1.29 is 4.79 Å². The zero-order valence-electron chi connectivity index (χ0n) is 15.3. The van der Waals surface area contributed by atoms with E-state index in [-0.39, 0.29) is 11.8 Å². The summed E-state index contributed by atoms with van der Waals surface area (Å²) >= 11 is 12.6. The summed E-state index contributed by atoms with van der Waals surface area (Å²) < 4.78 is 1.89. The summed E-state index contributed by atoms with van der Waals surface area (Å²) in [5.41, 5.74) is 4.43. The summed E-state index contributed by atoms with van der Waals surface area (Å²) in [5, 5.41) is 5.62. The maximum Gasteiger partial charge on any atom is 0.232 e. The molecular weight excluding hydrogens is 381 g/mol. The second-order valence-corrected chi connectivity index (χ2v) is 7.98. The highest BCUT2D eigenvalue weighted by Crippen LogP contribution is 2.37. The molecule has 0 saturated heterocycles. The maximum atomic E-state index is 13.2. The number of carbonyl (C=O) groups is 1. The minimum atomic E-state index is -0.410. The first-order chi connectivity index (χ1) is 13.0. The molecule has 2 aliphatic rings. The van der Waals surface area contributed by atoms with E-state index in [1.807, 2.05) is 47.8 Å². The highest BCUT2D eigenvalue weighted by molar-refractivity contribution is 6.41. The van der Waals surface area contributed by atoms with Crippen molar-refractivity contribution in [3.8, 4) is 11.3 Å². The predicted molar refractivity (Wildman–Crippen MR) is 108 cm³/mol. The Morgan fingerprint density at radius 3 is 2.70 bits per heavy atom. The molecule has 1 aromatic heterocycles. The van der Waals surface area contributed by atoms with Crippen LogP contribution in [0.2, 0.25) is 0 Å². The molecule has 1 aliphatic carbocycles. The van der Waals surface area contributed by atoms with Crippen LogP contribution in [0.5, 0.6) is 0 Å². The lowest BCUT2D eigenvalue weighted by Crippen LogP contribution is -2.42. The van der Waals surface area contributed by atoms with Gasteiger partial charge < -0.3 is 4.90 Å². The molecule has 0 N–H and O–H groups in total. The van der Waals surface area contributed by atoms with Gasteiger partial charge in [0, 0.05) is 29.8 Å². The number of halogens is 2. The zero-order valence-corrected chi connectivity index (χ0v) is 16.8. The first kappa shape index (κ1) is 18.3. The van der Waals surface area contributed by atoms with Crippen LogP contribution < -0.4 is 0 Å². The van der Waals surface area contributed by atoms with Crippen molar-refractivity contribution in [3.63, 3.8) is 0 Å². The van der Waals surface area contributed by atoms with Gasteiger partial charge in [-0.2, -0.15) is 5.10 Å². The Hall–Kier alpha value is -2.04. The number of allylic oxidation sites excluding steroid dienone is 3. The molecule has 2 aromatic rings. The second-order valence-electron chi connectivity index (χ2n) is 7.17. The lowest BCUT2D eigenvalue weighted by molar-refractivity contribution is -0.136. The summed E-state index contributed by atoms with van der Waals surface area (Å²) in [5.74, 6) is -0.351. The molecule has 27 heavy (non-hydrogen) atoms. The number of benzene rings is 1. The quantitative estimate of drug-likeness (QED) is 0.743. The Labute approximate surface area is 169 Å². The molecule has 4 rings (SSSR count). The van der Waals surface area contributed by atoms with Crippen LogP contribution in [-0.2, 0) is 24.8 Å². The number of aromatic nitrogens is 2. The van der Waals surface area contributed by atoms with Gasteiger partial charge in [0.2, 0.25) is 5.91 Å². The first-order valence-electron chi connectivity index (χ1n) is 9.09. The summed E-state index contributed by atoms with van der Waals surface area (Å²) in [7, 11) is 1.94. The van der Waals surface area contributed by atoms with Gasteiger partial charge in [-0.25, -0.2) is 0 Å². The molecule has 2 unspecified atom stereocenters. The molecule has 4 nitrogen and oxygen atoms in total. The van der Waals surface area contributed by atoms with E-state index in [4.69, 9.17) is 28.3 Å². The van der Waals surface area contributed by atoms with Gasteiger partial charge in [0.1, 0.15) is 0 Å². The number of fused-ring (bicyclic) bond motifs is 1. The summed E-state index contributed by atoms with van der Waals surface area (Å²) in [4.78, 5) is 15.1. The summed E-state index contributed by atoms with van der Waals surface area (Å²) in [6, 6.07) is 10.2. The third-order valence-electron chi connectivity index (χ3n) is 5.45. The van der Waals surface area contributed by atoms with Gasteiger partial charge in [-0.3, -0.25) is 9.48 Å². The highest BCUT2D eigenvalue weighted by atomic mass is 35.5. The Kier molecular flexibility index (Phi) is 4.87. The number of nitrogens with zero attached hydrogens (tertiary/aromatic N) is 3. The lowest BCUT2D eigenvalue weighted by atomic mass is 9.87. The van der Waals surface area contributed by atoms with Crippen LogP contribution in [0, 0.1) is 11.8 Å². The van der Waals surface area contributed by atoms with Crippen LogP contribution in [0.3, 0.4) is 0 Å². The maximum absolute atomic E-state index is 13.2. The summed E-state index contributed by atoms with van der Waals surface area (Å²) in [6.07, 6.45) is 4.51. The number of aryl methyl sites for hydroxylation is 1. The molecule has 0 spiro atoms. The molecule has 6 heteroatoms. The first-order valence-corrected chi connectivity index (χ1v) is 9.85. The van der Waals surface area contributed by atoms with Gasteiger partial charge in [0.25, 0.3) is 0 Å². The van der Waals surface area contributed by atoms with E-state index in [1.165, 1.54) is 5.56 Å². The molecule has 2 heterocycles. The van der Waals surface area contributed by atoms with Gasteiger partial charge in [0.05, 0.1) is 28.9 Å². The van der Waals surface area contributed by atoms with Crippen molar-refractivity contribution in [1.29, 1.82) is 0 Å². The number of hydrogen-bond acceptors (Lipinski definition) is 2. The fourth-order valence-electron chi connectivity index (χ4n) is 3.92. The number of rotatable bonds is 2. The molecule has 1 aliphatic heterocycles. The molecule has 0 radical (unpaired) electrons. The van der Waals surface area contributed by atoms with Crippen molar-refractivity contribution in [2.45, 2.75) is 19.9 Å². The largest absolute Gasteiger partial charge is 0.336 e. The highest BCUT2D eigenvalue weighted by Gasteiger charge is 2.36. The zero-order chi connectivity index (χ0) is 19.1. The van der Waals surface area contributed by atoms with E-state index in [0.29, 0.717) is 23.2 Å². The van der Waals surface area contributed by atoms with E-state index in [2.05, 4.69) is 12.1 Å². The number of hydrogen-bond donors (Lipinski definition) is 0. The molecule has 1 amide bonds. The van der Waals surface area contributed by atoms with E-state index in [1.54, 1.807) is 6.08 Å². The van der Waals surface area contributed by atoms with Gasteiger partial charge in [0.15, 0.2) is 0 Å². The minimum absolute atomic E-state index is 0.0281. The van der Waals surface area contributed by atoms with E-state index in [9.17, 15) is 4.79 Å². The van der Waals surface area contributed by atoms with E-state index >= 15 is 0 Å². The van der Waals surface area contributed by atoms with Crippen LogP contribution in [0.1, 0.15) is 18.2 Å². The van der Waals surface area contributed by atoms with Gasteiger partial charge in [-0.15, -0.1) is 0 Å². The fraction of sp³-hybridized carbons (Fsp3) is 0.333. The molecule has 140 valence electrons. The van der Waals surface area contributed by atoms with Crippen molar-refractivity contribution >= 4 is 29.1 Å². The second kappa shape index (κ2) is 7.17. The number of carbonyl (C=O) groups excluding carboxylic acids is 1. The Balaban J connectivity index is 1.62. The number of amides is 1. The molecule has 0 bridgehead atoms. The third-order valence-corrected chi connectivity index (χ3v) is 6.31. The molecule has 0 fully saturated rings. The third kappa shape index (κ3) is 3.21. The van der Waals surface area contributed by atoms with Crippen LogP contribution in [0.25, 0.3) is 11.3 Å². The molecular formula is C21H21Cl2N3O. The normalized spacial score (nSPS) is 22.1. The van der Waals surface area contributed by atoms with Crippen molar-refractivity contribution in [2.75, 3.05) is 6.54 Å². The topological polar surface area (TPSA) is 38.1 Å². The van der Waals surface area contributed by atoms with Crippen molar-refractivity contribution in [3.05, 3.63) is 63.8 Å². The SMILES string of the molecule is CC1C=CC(Cl)=C(Cl)C1C(=O)N1CCc2c(-c3ccccc3)nn(C)c2C1. The van der Waals surface area contributed by atoms with Gasteiger partial charge in [-0.05, 0) is 18.4 Å². The van der Waals surface area contributed by atoms with Crippen LogP contribution in [0.4, 0.5) is 0 Å². The Morgan fingerprint density at radius 1 is 1.22 bits per heavy atom. The van der Waals surface area contributed by atoms with Crippen LogP contribution in [0.15, 0.2) is 52.5 Å². The minimum Gasteiger partial charge on any atom is -0.336 e. The smallest absolute Gasteiger partial charge is 0.232 e. The van der Waals surface area contributed by atoms with Crippen molar-refractivity contribution in [2.24, 2.45) is 18.9 Å². The average Bonchev–Trinajstić information content (AvgIpc) is 3.02. The Bertz CT molecular complexity index is 946. The predicted octanol–water partition coefficient (Wildman–Crippen LogP) is 4.48. The fourth-order valence-corrected chi connectivity index (χ4v) is 4.47. The van der Waals surface area contributed by atoms with Gasteiger partial charge >= 0.3 is 0 Å². The van der Waals surface area contributed by atoms with E-state index < -0.39 is 5.92 Å². The molecule has 1 aromatic carbocycles. The van der Waals surface area contributed by atoms with E-state index in [0.717, 1.165) is 23.4 Å².